The molecule has 8 nitrogen and oxygen atoms in total. The van der Waals surface area contributed by atoms with Crippen LogP contribution in [0.25, 0.3) is 11.1 Å². The van der Waals surface area contributed by atoms with E-state index in [1.54, 1.807) is 18.2 Å². The highest BCUT2D eigenvalue weighted by Crippen LogP contribution is 2.47. The summed E-state index contributed by atoms with van der Waals surface area (Å²) in [4.78, 5) is 30.1. The lowest BCUT2D eigenvalue weighted by atomic mass is 9.80. The summed E-state index contributed by atoms with van der Waals surface area (Å²) in [5.74, 6) is -3.80. The lowest BCUT2D eigenvalue weighted by molar-refractivity contribution is -0.202. The predicted octanol–water partition coefficient (Wildman–Crippen LogP) is 3.53. The van der Waals surface area contributed by atoms with Gasteiger partial charge in [-0.1, -0.05) is 60.7 Å². The van der Waals surface area contributed by atoms with E-state index in [9.17, 15) is 27.9 Å². The molecule has 3 aromatic rings. The van der Waals surface area contributed by atoms with E-state index in [0.29, 0.717) is 10.5 Å². The molecule has 0 aliphatic carbocycles. The van der Waals surface area contributed by atoms with Gasteiger partial charge in [0.25, 0.3) is 5.91 Å². The quantitative estimate of drug-likeness (QED) is 0.502. The number of phenolic OH excluding ortho intramolecular Hbond substituents is 1. The van der Waals surface area contributed by atoms with Crippen LogP contribution in [-0.4, -0.2) is 47.9 Å². The summed E-state index contributed by atoms with van der Waals surface area (Å²) in [6.07, 6.45) is -5.26. The molecule has 3 N–H and O–H groups in total. The molecule has 1 heterocycles. The van der Waals surface area contributed by atoms with E-state index in [1.165, 1.54) is 31.4 Å². The van der Waals surface area contributed by atoms with Gasteiger partial charge in [-0.3, -0.25) is 4.79 Å². The second-order valence-electron chi connectivity index (χ2n) is 7.77. The van der Waals surface area contributed by atoms with Crippen molar-refractivity contribution in [3.05, 3.63) is 83.9 Å². The number of carbonyl (C=O) groups excluding carboxylic acids is 2. The van der Waals surface area contributed by atoms with Crippen LogP contribution in [0.3, 0.4) is 0 Å². The SMILES string of the molecule is COc1c(-c2ccccc2)cccc1C1(c2cccc(O)c2)N=C(N)N(COC(=O)C(F)(F)F)C1=O. The highest BCUT2D eigenvalue weighted by atomic mass is 19.4. The highest BCUT2D eigenvalue weighted by Gasteiger charge is 2.53. The van der Waals surface area contributed by atoms with Gasteiger partial charge in [0, 0.05) is 11.1 Å². The number of benzene rings is 3. The van der Waals surface area contributed by atoms with Gasteiger partial charge in [0.15, 0.2) is 12.3 Å². The monoisotopic (exact) mass is 499 g/mol. The number of nitrogens with zero attached hydrogens (tertiary/aromatic N) is 2. The molecule has 186 valence electrons. The number of phenols is 1. The van der Waals surface area contributed by atoms with Crippen molar-refractivity contribution in [2.24, 2.45) is 10.7 Å². The summed E-state index contributed by atoms with van der Waals surface area (Å²) in [5, 5.41) is 10.1. The summed E-state index contributed by atoms with van der Waals surface area (Å²) in [5.41, 5.74) is 5.78. The molecule has 3 aromatic carbocycles. The molecule has 1 atom stereocenters. The van der Waals surface area contributed by atoms with Gasteiger partial charge in [-0.05, 0) is 23.3 Å². The third-order valence-corrected chi connectivity index (χ3v) is 5.63. The third kappa shape index (κ3) is 4.19. The lowest BCUT2D eigenvalue weighted by Crippen LogP contribution is -2.45. The zero-order valence-electron chi connectivity index (χ0n) is 18.8. The van der Waals surface area contributed by atoms with E-state index in [-0.39, 0.29) is 22.6 Å². The second-order valence-corrected chi connectivity index (χ2v) is 7.77. The number of guanidine groups is 1. The largest absolute Gasteiger partial charge is 0.508 e. The van der Waals surface area contributed by atoms with Crippen molar-refractivity contribution in [3.63, 3.8) is 0 Å². The Labute approximate surface area is 203 Å². The van der Waals surface area contributed by atoms with Gasteiger partial charge in [-0.2, -0.15) is 13.2 Å². The number of alkyl halides is 3. The number of rotatable bonds is 6. The first-order valence-electron chi connectivity index (χ1n) is 10.5. The maximum absolute atomic E-state index is 13.8. The van der Waals surface area contributed by atoms with Crippen LogP contribution in [0.2, 0.25) is 0 Å². The number of aliphatic imine (C=N–C) groups is 1. The Morgan fingerprint density at radius 2 is 1.78 bits per heavy atom. The Bertz CT molecular complexity index is 1340. The van der Waals surface area contributed by atoms with Crippen molar-refractivity contribution in [1.29, 1.82) is 0 Å². The molecule has 1 aliphatic heterocycles. The molecule has 36 heavy (non-hydrogen) atoms. The van der Waals surface area contributed by atoms with Crippen molar-refractivity contribution in [2.75, 3.05) is 13.8 Å². The number of halogens is 3. The second kappa shape index (κ2) is 9.25. The number of esters is 1. The summed E-state index contributed by atoms with van der Waals surface area (Å²) < 4.78 is 48.0. The minimum atomic E-state index is -5.26. The molecule has 1 unspecified atom stereocenters. The van der Waals surface area contributed by atoms with Crippen LogP contribution in [0, 0.1) is 0 Å². The number of carbonyl (C=O) groups is 2. The molecule has 0 saturated carbocycles. The van der Waals surface area contributed by atoms with Gasteiger partial charge < -0.3 is 20.3 Å². The van der Waals surface area contributed by atoms with E-state index in [1.807, 2.05) is 30.3 Å². The molecule has 0 aromatic heterocycles. The topological polar surface area (TPSA) is 114 Å². The van der Waals surface area contributed by atoms with Gasteiger partial charge in [-0.25, -0.2) is 14.7 Å². The van der Waals surface area contributed by atoms with Crippen LogP contribution in [0.1, 0.15) is 11.1 Å². The molecule has 11 heteroatoms. The summed E-state index contributed by atoms with van der Waals surface area (Å²) >= 11 is 0. The zero-order valence-corrected chi connectivity index (χ0v) is 18.8. The van der Waals surface area contributed by atoms with Crippen molar-refractivity contribution in [2.45, 2.75) is 11.7 Å². The van der Waals surface area contributed by atoms with Gasteiger partial charge in [0.1, 0.15) is 11.5 Å². The van der Waals surface area contributed by atoms with E-state index in [0.717, 1.165) is 5.56 Å². The number of para-hydroxylation sites is 1. The highest BCUT2D eigenvalue weighted by molar-refractivity contribution is 6.09. The maximum Gasteiger partial charge on any atom is 0.490 e. The standard InChI is InChI=1S/C25H20F3N3O5/c1-35-20-18(15-7-3-2-4-8-15)11-6-12-19(20)24(16-9-5-10-17(32)13-16)21(33)31(23(29)30-24)14-36-22(34)25(26,27)28/h2-13,32H,14H2,1H3,(H2,29,30). The molecule has 0 bridgehead atoms. The van der Waals surface area contributed by atoms with Gasteiger partial charge >= 0.3 is 12.1 Å². The Hall–Kier alpha value is -4.54. The van der Waals surface area contributed by atoms with E-state index >= 15 is 0 Å². The fourth-order valence-electron chi connectivity index (χ4n) is 4.05. The van der Waals surface area contributed by atoms with Crippen molar-refractivity contribution >= 4 is 17.8 Å². The number of aromatic hydroxyl groups is 1. The van der Waals surface area contributed by atoms with E-state index in [2.05, 4.69) is 9.73 Å². The minimum absolute atomic E-state index is 0.170. The molecule has 0 spiro atoms. The van der Waals surface area contributed by atoms with Crippen LogP contribution >= 0.6 is 0 Å². The van der Waals surface area contributed by atoms with E-state index in [4.69, 9.17) is 10.5 Å². The summed E-state index contributed by atoms with van der Waals surface area (Å²) in [6.45, 7) is -1.12. The Morgan fingerprint density at radius 3 is 2.42 bits per heavy atom. The number of hydrogen-bond donors (Lipinski definition) is 2. The van der Waals surface area contributed by atoms with Crippen molar-refractivity contribution < 1.29 is 37.3 Å². The molecule has 0 fully saturated rings. The number of hydrogen-bond acceptors (Lipinski definition) is 7. The Kier molecular flexibility index (Phi) is 6.32. The first-order valence-corrected chi connectivity index (χ1v) is 10.5. The van der Waals surface area contributed by atoms with Gasteiger partial charge in [0.05, 0.1) is 7.11 Å². The van der Waals surface area contributed by atoms with Crippen LogP contribution in [0.4, 0.5) is 13.2 Å². The van der Waals surface area contributed by atoms with Crippen LogP contribution in [-0.2, 0) is 19.9 Å². The summed E-state index contributed by atoms with van der Waals surface area (Å²) in [7, 11) is 1.40. The van der Waals surface area contributed by atoms with Crippen molar-refractivity contribution in [3.8, 4) is 22.6 Å². The average molecular weight is 499 g/mol. The van der Waals surface area contributed by atoms with Crippen LogP contribution in [0.5, 0.6) is 11.5 Å². The zero-order chi connectivity index (χ0) is 26.1. The van der Waals surface area contributed by atoms with Crippen LogP contribution < -0.4 is 10.5 Å². The van der Waals surface area contributed by atoms with Gasteiger partial charge in [0.2, 0.25) is 5.96 Å². The molecular formula is C25H20F3N3O5. The molecule has 4 rings (SSSR count). The minimum Gasteiger partial charge on any atom is -0.508 e. The smallest absolute Gasteiger partial charge is 0.490 e. The molecule has 1 aliphatic rings. The van der Waals surface area contributed by atoms with E-state index < -0.39 is 36.3 Å². The fourth-order valence-corrected chi connectivity index (χ4v) is 4.05. The molecule has 0 saturated heterocycles. The first-order chi connectivity index (χ1) is 17.1. The van der Waals surface area contributed by atoms with Crippen molar-refractivity contribution in [1.82, 2.24) is 4.90 Å². The summed E-state index contributed by atoms with van der Waals surface area (Å²) in [6, 6.07) is 19.8. The Morgan fingerprint density at radius 1 is 1.08 bits per heavy atom. The third-order valence-electron chi connectivity index (χ3n) is 5.63. The number of nitrogens with two attached hydrogens (primary N) is 1. The van der Waals surface area contributed by atoms with Crippen LogP contribution in [0.15, 0.2) is 77.8 Å². The fraction of sp³-hybridized carbons (Fsp3) is 0.160. The first kappa shape index (κ1) is 24.6. The van der Waals surface area contributed by atoms with Gasteiger partial charge in [-0.15, -0.1) is 0 Å². The number of methoxy groups -OCH3 is 1. The number of ether oxygens (including phenoxy) is 2. The molecule has 1 amide bonds. The lowest BCUT2D eigenvalue weighted by Gasteiger charge is -2.29. The predicted molar refractivity (Wildman–Crippen MR) is 123 cm³/mol. The number of amides is 1. The molecular weight excluding hydrogens is 479 g/mol. The molecule has 0 radical (unpaired) electrons. The maximum atomic E-state index is 13.8. The normalized spacial score (nSPS) is 17.6. The Balaban J connectivity index is 1.89. The average Bonchev–Trinajstić information content (AvgIpc) is 3.12.